The molecule has 0 amide bonds. The normalized spacial score (nSPS) is 40.4. The van der Waals surface area contributed by atoms with Crippen LogP contribution in [0.3, 0.4) is 0 Å². The van der Waals surface area contributed by atoms with Gasteiger partial charge in [0.2, 0.25) is 0 Å². The van der Waals surface area contributed by atoms with E-state index in [-0.39, 0.29) is 0 Å². The summed E-state index contributed by atoms with van der Waals surface area (Å²) < 4.78 is 0. The highest BCUT2D eigenvalue weighted by Crippen LogP contribution is 2.63. The van der Waals surface area contributed by atoms with Gasteiger partial charge in [-0.15, -0.1) is 0 Å². The fraction of sp³-hybridized carbons (Fsp3) is 0.900. The molecular formula is C10H17BrN2O3. The third kappa shape index (κ3) is 1.83. The molecule has 0 aromatic rings. The van der Waals surface area contributed by atoms with E-state index in [1.165, 1.54) is 25.0 Å². The van der Waals surface area contributed by atoms with Crippen molar-refractivity contribution in [3.05, 3.63) is 15.3 Å². The minimum absolute atomic E-state index is 0.321. The second kappa shape index (κ2) is 4.31. The molecule has 92 valence electrons. The van der Waals surface area contributed by atoms with E-state index in [0.29, 0.717) is 10.8 Å². The van der Waals surface area contributed by atoms with Crippen molar-refractivity contribution in [1.82, 2.24) is 0 Å². The number of halogens is 1. The van der Waals surface area contributed by atoms with E-state index in [1.807, 2.05) is 0 Å². The molecule has 0 aliphatic heterocycles. The van der Waals surface area contributed by atoms with Crippen LogP contribution in [-0.2, 0) is 0 Å². The molecule has 0 aromatic carbocycles. The highest BCUT2D eigenvalue weighted by molar-refractivity contribution is 9.09. The van der Waals surface area contributed by atoms with Gasteiger partial charge >= 0.3 is 0 Å². The maximum atomic E-state index is 8.25. The molecular weight excluding hydrogens is 276 g/mol. The highest BCUT2D eigenvalue weighted by Gasteiger charge is 2.63. The second-order valence-corrected chi connectivity index (χ2v) is 5.63. The van der Waals surface area contributed by atoms with Gasteiger partial charge in [-0.1, -0.05) is 22.9 Å². The smallest absolute Gasteiger partial charge is 0.155 e. The molecule has 0 spiro atoms. The van der Waals surface area contributed by atoms with E-state index in [0.717, 1.165) is 11.2 Å². The van der Waals surface area contributed by atoms with Crippen molar-refractivity contribution < 1.29 is 10.5 Å². The molecule has 2 N–H and O–H groups in total. The maximum absolute atomic E-state index is 8.25. The third-order valence-corrected chi connectivity index (χ3v) is 5.77. The Balaban J connectivity index is 0.000000280. The van der Waals surface area contributed by atoms with Crippen molar-refractivity contribution in [2.45, 2.75) is 33.1 Å². The van der Waals surface area contributed by atoms with Gasteiger partial charge in [-0.2, -0.15) is 0 Å². The van der Waals surface area contributed by atoms with E-state index < -0.39 is 5.09 Å². The van der Waals surface area contributed by atoms with Crippen molar-refractivity contribution in [2.24, 2.45) is 16.7 Å². The molecule has 2 aliphatic carbocycles. The number of nitrogens with two attached hydrogens (primary N) is 1. The molecule has 3 atom stereocenters. The number of fused-ring (bicyclic) bond motifs is 2. The van der Waals surface area contributed by atoms with E-state index in [2.05, 4.69) is 29.8 Å². The van der Waals surface area contributed by atoms with Crippen LogP contribution in [0.1, 0.15) is 33.1 Å². The zero-order chi connectivity index (χ0) is 12.6. The molecule has 2 saturated carbocycles. The molecule has 0 aromatic heterocycles. The summed E-state index contributed by atoms with van der Waals surface area (Å²) in [5, 5.41) is 22.0. The molecule has 6 heteroatoms. The summed E-state index contributed by atoms with van der Waals surface area (Å²) in [4.78, 5) is 8.25. The maximum Gasteiger partial charge on any atom is 0.155 e. The van der Waals surface area contributed by atoms with E-state index >= 15 is 0 Å². The summed E-state index contributed by atoms with van der Waals surface area (Å²) in [5.74, 6) is 0.835. The van der Waals surface area contributed by atoms with Crippen molar-refractivity contribution >= 4 is 21.6 Å². The SMILES string of the molecule is CC12CCC(CC1=[NH2+])C2(C)CBr.O=[N+]([O-])[O-]. The minimum Gasteiger partial charge on any atom is -0.356 e. The summed E-state index contributed by atoms with van der Waals surface area (Å²) in [6, 6.07) is 0. The average molecular weight is 293 g/mol. The monoisotopic (exact) mass is 292 g/mol. The lowest BCUT2D eigenvalue weighted by atomic mass is 9.70. The van der Waals surface area contributed by atoms with Gasteiger partial charge in [0.25, 0.3) is 0 Å². The second-order valence-electron chi connectivity index (χ2n) is 5.07. The van der Waals surface area contributed by atoms with Crippen molar-refractivity contribution in [3.8, 4) is 0 Å². The quantitative estimate of drug-likeness (QED) is 0.447. The van der Waals surface area contributed by atoms with Crippen LogP contribution in [0.4, 0.5) is 0 Å². The number of alkyl halides is 1. The van der Waals surface area contributed by atoms with Crippen LogP contribution in [0.15, 0.2) is 0 Å². The van der Waals surface area contributed by atoms with Gasteiger partial charge in [-0.05, 0) is 31.1 Å². The van der Waals surface area contributed by atoms with Crippen LogP contribution in [-0.4, -0.2) is 16.1 Å². The van der Waals surface area contributed by atoms with Gasteiger partial charge in [0.1, 0.15) is 0 Å². The molecule has 2 rings (SSSR count). The topological polar surface area (TPSA) is 91.8 Å². The van der Waals surface area contributed by atoms with Crippen molar-refractivity contribution in [2.75, 3.05) is 5.33 Å². The zero-order valence-corrected chi connectivity index (χ0v) is 11.1. The molecule has 0 heterocycles. The fourth-order valence-corrected chi connectivity index (χ4v) is 4.20. The van der Waals surface area contributed by atoms with Crippen LogP contribution in [0.5, 0.6) is 0 Å². The Morgan fingerprint density at radius 2 is 2.06 bits per heavy atom. The van der Waals surface area contributed by atoms with E-state index in [9.17, 15) is 0 Å². The van der Waals surface area contributed by atoms with E-state index in [4.69, 9.17) is 20.7 Å². The molecule has 2 bridgehead atoms. The Hall–Kier alpha value is -0.650. The largest absolute Gasteiger partial charge is 0.356 e. The molecule has 2 fully saturated rings. The lowest BCUT2D eigenvalue weighted by Gasteiger charge is -2.33. The third-order valence-electron chi connectivity index (χ3n) is 4.61. The predicted molar refractivity (Wildman–Crippen MR) is 64.6 cm³/mol. The average Bonchev–Trinajstić information content (AvgIpc) is 2.52. The number of hydrogen-bond donors (Lipinski definition) is 1. The summed E-state index contributed by atoms with van der Waals surface area (Å²) in [6.45, 7) is 4.73. The highest BCUT2D eigenvalue weighted by atomic mass is 79.9. The standard InChI is InChI=1S/C10H16BrN.NO3/c1-9-4-3-7(5-8(9)12)10(9,2)6-11;2-1(3)4/h7,12H,3-6H2,1-2H3;/q;-1/p+1. The fourth-order valence-electron chi connectivity index (χ4n) is 3.12. The Labute approximate surface area is 103 Å². The lowest BCUT2D eigenvalue weighted by Crippen LogP contribution is -2.50. The first-order chi connectivity index (χ1) is 7.28. The summed E-state index contributed by atoms with van der Waals surface area (Å²) in [5.41, 5.74) is 2.00. The Morgan fingerprint density at radius 1 is 1.56 bits per heavy atom. The number of rotatable bonds is 1. The summed E-state index contributed by atoms with van der Waals surface area (Å²) >= 11 is 3.65. The molecule has 5 nitrogen and oxygen atoms in total. The van der Waals surface area contributed by atoms with Crippen LogP contribution in [0.25, 0.3) is 0 Å². The van der Waals surface area contributed by atoms with E-state index in [1.54, 1.807) is 0 Å². The van der Waals surface area contributed by atoms with Gasteiger partial charge in [-0.3, -0.25) is 5.41 Å². The Bertz CT molecular complexity index is 319. The van der Waals surface area contributed by atoms with Crippen LogP contribution >= 0.6 is 15.9 Å². The van der Waals surface area contributed by atoms with Gasteiger partial charge in [0.15, 0.2) is 5.71 Å². The minimum atomic E-state index is -1.75. The van der Waals surface area contributed by atoms with Gasteiger partial charge in [0, 0.05) is 11.8 Å². The number of hydrogen-bond acceptors (Lipinski definition) is 3. The van der Waals surface area contributed by atoms with Gasteiger partial charge in [0.05, 0.1) is 10.5 Å². The first kappa shape index (κ1) is 13.4. The molecule has 2 aliphatic rings. The molecule has 16 heavy (non-hydrogen) atoms. The molecule has 0 radical (unpaired) electrons. The van der Waals surface area contributed by atoms with Crippen molar-refractivity contribution in [3.63, 3.8) is 0 Å². The van der Waals surface area contributed by atoms with Crippen LogP contribution in [0, 0.1) is 32.1 Å². The zero-order valence-electron chi connectivity index (χ0n) is 9.53. The lowest BCUT2D eigenvalue weighted by molar-refractivity contribution is -0.402. The molecule has 0 saturated heterocycles. The molecule has 3 unspecified atom stereocenters. The Kier molecular flexibility index (Phi) is 3.62. The van der Waals surface area contributed by atoms with Crippen molar-refractivity contribution in [1.29, 1.82) is 0 Å². The van der Waals surface area contributed by atoms with Gasteiger partial charge < -0.3 is 15.3 Å². The summed E-state index contributed by atoms with van der Waals surface area (Å²) in [7, 11) is 0. The first-order valence-corrected chi connectivity index (χ1v) is 6.39. The predicted octanol–water partition coefficient (Wildman–Crippen LogP) is 1.17. The Morgan fingerprint density at radius 3 is 2.25 bits per heavy atom. The number of nitrogens with zero attached hydrogens (tertiary/aromatic N) is 1. The van der Waals surface area contributed by atoms with Crippen LogP contribution in [0.2, 0.25) is 0 Å². The first-order valence-electron chi connectivity index (χ1n) is 5.27. The van der Waals surface area contributed by atoms with Gasteiger partial charge in [-0.25, -0.2) is 0 Å². The van der Waals surface area contributed by atoms with Crippen LogP contribution < -0.4 is 5.41 Å². The summed E-state index contributed by atoms with van der Waals surface area (Å²) in [6.07, 6.45) is 3.84.